The summed E-state index contributed by atoms with van der Waals surface area (Å²) in [7, 11) is -0.224. The molecule has 28 heavy (non-hydrogen) atoms. The van der Waals surface area contributed by atoms with Gasteiger partial charge in [-0.05, 0) is 43.7 Å². The SMILES string of the molecule is Cc1cc(=O)[nH]c2ccc(S(=O)(=O)N3CCCN(CC(=O)N(C)C)CC3)cc12. The van der Waals surface area contributed by atoms with Crippen molar-refractivity contribution in [3.63, 3.8) is 0 Å². The van der Waals surface area contributed by atoms with Crippen LogP contribution in [-0.4, -0.2) is 80.2 Å². The number of likely N-dealkylation sites (N-methyl/N-ethyl adjacent to an activating group) is 1. The predicted molar refractivity (Wildman–Crippen MR) is 108 cm³/mol. The second-order valence-electron chi connectivity index (χ2n) is 7.35. The van der Waals surface area contributed by atoms with Crippen molar-refractivity contribution in [3.8, 4) is 0 Å². The lowest BCUT2D eigenvalue weighted by molar-refractivity contribution is -0.129. The number of sulfonamides is 1. The first-order valence-electron chi connectivity index (χ1n) is 9.25. The summed E-state index contributed by atoms with van der Waals surface area (Å²) in [5.41, 5.74) is 1.15. The van der Waals surface area contributed by atoms with Crippen LogP contribution in [0.5, 0.6) is 0 Å². The largest absolute Gasteiger partial charge is 0.348 e. The topological polar surface area (TPSA) is 93.8 Å². The smallest absolute Gasteiger partial charge is 0.248 e. The second kappa shape index (κ2) is 8.02. The van der Waals surface area contributed by atoms with Gasteiger partial charge in [0.05, 0.1) is 11.4 Å². The van der Waals surface area contributed by atoms with Crippen LogP contribution < -0.4 is 5.56 Å². The van der Waals surface area contributed by atoms with Crippen molar-refractivity contribution >= 4 is 26.8 Å². The van der Waals surface area contributed by atoms with Gasteiger partial charge in [-0.1, -0.05) is 0 Å². The van der Waals surface area contributed by atoms with Crippen LogP contribution in [0.2, 0.25) is 0 Å². The van der Waals surface area contributed by atoms with Gasteiger partial charge in [0.25, 0.3) is 0 Å². The number of aromatic amines is 1. The molecule has 8 nitrogen and oxygen atoms in total. The first-order chi connectivity index (χ1) is 13.2. The summed E-state index contributed by atoms with van der Waals surface area (Å²) in [4.78, 5) is 30.0. The fourth-order valence-electron chi connectivity index (χ4n) is 3.39. The summed E-state index contributed by atoms with van der Waals surface area (Å²) in [6.45, 7) is 4.04. The summed E-state index contributed by atoms with van der Waals surface area (Å²) in [6.07, 6.45) is 0.667. The minimum atomic E-state index is -3.65. The molecular weight excluding hydrogens is 380 g/mol. The molecule has 0 aliphatic carbocycles. The van der Waals surface area contributed by atoms with Crippen LogP contribution in [0.25, 0.3) is 10.9 Å². The zero-order chi connectivity index (χ0) is 20.5. The van der Waals surface area contributed by atoms with E-state index in [4.69, 9.17) is 0 Å². The number of H-pyrrole nitrogens is 1. The number of aryl methyl sites for hydroxylation is 1. The highest BCUT2D eigenvalue weighted by molar-refractivity contribution is 7.89. The molecule has 0 bridgehead atoms. The number of hydrogen-bond acceptors (Lipinski definition) is 5. The van der Waals surface area contributed by atoms with Crippen LogP contribution in [0.4, 0.5) is 0 Å². The molecule has 1 saturated heterocycles. The Morgan fingerprint density at radius 3 is 2.61 bits per heavy atom. The standard InChI is InChI=1S/C19H26N4O4S/c1-14-11-18(24)20-17-6-5-15(12-16(14)17)28(26,27)23-8-4-7-22(9-10-23)13-19(25)21(2)3/h5-6,11-12H,4,7-10,13H2,1-3H3,(H,20,24). The quantitative estimate of drug-likeness (QED) is 0.803. The molecule has 9 heteroatoms. The first kappa shape index (κ1) is 20.5. The van der Waals surface area contributed by atoms with Gasteiger partial charge < -0.3 is 9.88 Å². The summed E-state index contributed by atoms with van der Waals surface area (Å²) in [6, 6.07) is 6.25. The van der Waals surface area contributed by atoms with Crippen LogP contribution in [-0.2, 0) is 14.8 Å². The van der Waals surface area contributed by atoms with E-state index in [0.29, 0.717) is 50.0 Å². The summed E-state index contributed by atoms with van der Waals surface area (Å²) >= 11 is 0. The highest BCUT2D eigenvalue weighted by atomic mass is 32.2. The number of benzene rings is 1. The zero-order valence-corrected chi connectivity index (χ0v) is 17.3. The summed E-state index contributed by atoms with van der Waals surface area (Å²) in [5.74, 6) is 0.00954. The molecule has 1 fully saturated rings. The Hall–Kier alpha value is -2.23. The Morgan fingerprint density at radius 2 is 1.89 bits per heavy atom. The van der Waals surface area contributed by atoms with Crippen molar-refractivity contribution in [3.05, 3.63) is 40.2 Å². The van der Waals surface area contributed by atoms with Crippen molar-refractivity contribution in [2.45, 2.75) is 18.2 Å². The van der Waals surface area contributed by atoms with E-state index in [0.717, 1.165) is 5.56 Å². The van der Waals surface area contributed by atoms with Gasteiger partial charge in [0.2, 0.25) is 21.5 Å². The number of hydrogen-bond donors (Lipinski definition) is 1. The fourth-order valence-corrected chi connectivity index (χ4v) is 4.89. The molecule has 1 amide bonds. The molecule has 0 unspecified atom stereocenters. The third kappa shape index (κ3) is 4.26. The van der Waals surface area contributed by atoms with Gasteiger partial charge in [0.15, 0.2) is 0 Å². The number of aromatic nitrogens is 1. The lowest BCUT2D eigenvalue weighted by atomic mass is 10.1. The molecule has 0 saturated carbocycles. The number of amides is 1. The van der Waals surface area contributed by atoms with Crippen molar-refractivity contribution < 1.29 is 13.2 Å². The van der Waals surface area contributed by atoms with Crippen LogP contribution in [0, 0.1) is 6.92 Å². The third-order valence-corrected chi connectivity index (χ3v) is 6.96. The zero-order valence-electron chi connectivity index (χ0n) is 16.4. The van der Waals surface area contributed by atoms with Crippen LogP contribution in [0.15, 0.2) is 34.0 Å². The van der Waals surface area contributed by atoms with Crippen LogP contribution in [0.1, 0.15) is 12.0 Å². The minimum absolute atomic E-state index is 0.00954. The molecule has 0 atom stereocenters. The highest BCUT2D eigenvalue weighted by Crippen LogP contribution is 2.23. The Kier molecular flexibility index (Phi) is 5.87. The average molecular weight is 407 g/mol. The van der Waals surface area contributed by atoms with Crippen LogP contribution >= 0.6 is 0 Å². The van der Waals surface area contributed by atoms with Gasteiger partial charge in [-0.3, -0.25) is 14.5 Å². The summed E-state index contributed by atoms with van der Waals surface area (Å²) < 4.78 is 27.8. The third-order valence-electron chi connectivity index (χ3n) is 5.06. The number of nitrogens with one attached hydrogen (secondary N) is 1. The van der Waals surface area contributed by atoms with Gasteiger partial charge in [-0.2, -0.15) is 4.31 Å². The van der Waals surface area contributed by atoms with E-state index in [1.54, 1.807) is 38.1 Å². The minimum Gasteiger partial charge on any atom is -0.348 e. The second-order valence-corrected chi connectivity index (χ2v) is 9.28. The number of carbonyl (C=O) groups is 1. The highest BCUT2D eigenvalue weighted by Gasteiger charge is 2.28. The molecule has 0 spiro atoms. The fraction of sp³-hybridized carbons (Fsp3) is 0.474. The van der Waals surface area contributed by atoms with E-state index in [1.165, 1.54) is 16.4 Å². The number of nitrogens with zero attached hydrogens (tertiary/aromatic N) is 3. The Bertz CT molecular complexity index is 1050. The van der Waals surface area contributed by atoms with Crippen molar-refractivity contribution in [2.24, 2.45) is 0 Å². The average Bonchev–Trinajstić information content (AvgIpc) is 2.87. The Labute approximate surface area is 164 Å². The molecule has 1 aromatic heterocycles. The lowest BCUT2D eigenvalue weighted by Crippen LogP contribution is -2.39. The molecule has 2 heterocycles. The maximum absolute atomic E-state index is 13.2. The lowest BCUT2D eigenvalue weighted by Gasteiger charge is -2.22. The number of rotatable bonds is 4. The molecule has 2 aromatic rings. The monoisotopic (exact) mass is 406 g/mol. The van der Waals surface area contributed by atoms with Crippen molar-refractivity contribution in [1.82, 2.24) is 19.1 Å². The molecule has 152 valence electrons. The number of fused-ring (bicyclic) bond motifs is 1. The molecule has 1 aliphatic rings. The van der Waals surface area contributed by atoms with E-state index in [2.05, 4.69) is 4.98 Å². The van der Waals surface area contributed by atoms with E-state index in [-0.39, 0.29) is 16.4 Å². The number of carbonyl (C=O) groups excluding carboxylic acids is 1. The van der Waals surface area contributed by atoms with Gasteiger partial charge in [0, 0.05) is 50.7 Å². The van der Waals surface area contributed by atoms with Crippen molar-refractivity contribution in [2.75, 3.05) is 46.8 Å². The molecule has 1 N–H and O–H groups in total. The molecule has 1 aliphatic heterocycles. The van der Waals surface area contributed by atoms with Crippen LogP contribution in [0.3, 0.4) is 0 Å². The first-order valence-corrected chi connectivity index (χ1v) is 10.7. The molecule has 1 aromatic carbocycles. The predicted octanol–water partition coefficient (Wildman–Crippen LogP) is 0.621. The Morgan fingerprint density at radius 1 is 1.14 bits per heavy atom. The van der Waals surface area contributed by atoms with E-state index < -0.39 is 10.0 Å². The normalized spacial score (nSPS) is 16.8. The van der Waals surface area contributed by atoms with Gasteiger partial charge in [-0.25, -0.2) is 8.42 Å². The molecule has 3 rings (SSSR count). The summed E-state index contributed by atoms with van der Waals surface area (Å²) in [5, 5.41) is 0.716. The van der Waals surface area contributed by atoms with Crippen molar-refractivity contribution in [1.29, 1.82) is 0 Å². The maximum atomic E-state index is 13.2. The van der Waals surface area contributed by atoms with E-state index in [1.807, 2.05) is 4.90 Å². The van der Waals surface area contributed by atoms with Gasteiger partial charge >= 0.3 is 0 Å². The molecular formula is C19H26N4O4S. The van der Waals surface area contributed by atoms with Gasteiger partial charge in [-0.15, -0.1) is 0 Å². The van der Waals surface area contributed by atoms with E-state index >= 15 is 0 Å². The van der Waals surface area contributed by atoms with E-state index in [9.17, 15) is 18.0 Å². The Balaban J connectivity index is 1.82. The molecule has 0 radical (unpaired) electrons. The maximum Gasteiger partial charge on any atom is 0.248 e. The number of pyridine rings is 1. The van der Waals surface area contributed by atoms with Gasteiger partial charge in [0.1, 0.15) is 0 Å².